The van der Waals surface area contributed by atoms with Crippen LogP contribution in [-0.4, -0.2) is 23.0 Å². The van der Waals surface area contributed by atoms with Crippen molar-refractivity contribution in [3.8, 4) is 6.07 Å². The zero-order valence-electron chi connectivity index (χ0n) is 14.1. The van der Waals surface area contributed by atoms with E-state index in [4.69, 9.17) is 10.00 Å². The fourth-order valence-corrected chi connectivity index (χ4v) is 4.73. The minimum Gasteiger partial charge on any atom is -0.367 e. The number of halogens is 3. The Balaban J connectivity index is 1.80. The molecule has 1 aromatic carbocycles. The molecule has 5 nitrogen and oxygen atoms in total. The van der Waals surface area contributed by atoms with Crippen LogP contribution >= 0.6 is 0 Å². The van der Waals surface area contributed by atoms with Crippen LogP contribution in [0.3, 0.4) is 0 Å². The second kappa shape index (κ2) is 4.86. The van der Waals surface area contributed by atoms with Gasteiger partial charge >= 0.3 is 6.18 Å². The number of ether oxygens (including phenoxy) is 1. The van der Waals surface area contributed by atoms with Crippen molar-refractivity contribution in [2.45, 2.75) is 44.1 Å². The first-order chi connectivity index (χ1) is 12.0. The van der Waals surface area contributed by atoms with Crippen LogP contribution in [0.5, 0.6) is 0 Å². The molecule has 3 heterocycles. The first-order valence-corrected chi connectivity index (χ1v) is 8.21. The zero-order chi connectivity index (χ0) is 19.1. The smallest absolute Gasteiger partial charge is 0.367 e. The van der Waals surface area contributed by atoms with Gasteiger partial charge in [-0.1, -0.05) is 0 Å². The Labute approximate surface area is 147 Å². The van der Waals surface area contributed by atoms with Crippen LogP contribution in [0.15, 0.2) is 18.2 Å². The predicted molar refractivity (Wildman–Crippen MR) is 82.8 cm³/mol. The van der Waals surface area contributed by atoms with E-state index in [0.717, 1.165) is 11.0 Å². The van der Waals surface area contributed by atoms with E-state index in [1.54, 1.807) is 13.8 Å². The molecule has 0 aromatic heterocycles. The quantitative estimate of drug-likeness (QED) is 0.718. The third-order valence-corrected chi connectivity index (χ3v) is 5.89. The molecule has 1 aromatic rings. The molecule has 0 saturated carbocycles. The van der Waals surface area contributed by atoms with Gasteiger partial charge in [-0.2, -0.15) is 18.4 Å². The maximum atomic E-state index is 13.2. The molecule has 3 saturated heterocycles. The average Bonchev–Trinajstić information content (AvgIpc) is 3.10. The highest BCUT2D eigenvalue weighted by molar-refractivity contribution is 6.23. The molecule has 2 bridgehead atoms. The van der Waals surface area contributed by atoms with Crippen molar-refractivity contribution in [2.75, 3.05) is 4.90 Å². The van der Waals surface area contributed by atoms with Gasteiger partial charge in [0.2, 0.25) is 11.8 Å². The highest BCUT2D eigenvalue weighted by Crippen LogP contribution is 2.61. The van der Waals surface area contributed by atoms with Crippen LogP contribution < -0.4 is 4.90 Å². The van der Waals surface area contributed by atoms with Crippen molar-refractivity contribution in [3.63, 3.8) is 0 Å². The van der Waals surface area contributed by atoms with Gasteiger partial charge < -0.3 is 4.74 Å². The SMILES string of the molecule is CC12CCC(C)(O1)[C@H]1C(=O)N(c3ccc(C#N)c(C(F)(F)F)c3)C(=O)[C@H]12. The van der Waals surface area contributed by atoms with Crippen molar-refractivity contribution in [3.05, 3.63) is 29.3 Å². The van der Waals surface area contributed by atoms with Crippen molar-refractivity contribution < 1.29 is 27.5 Å². The molecular formula is C18H15F3N2O3. The van der Waals surface area contributed by atoms with Crippen molar-refractivity contribution >= 4 is 17.5 Å². The molecule has 26 heavy (non-hydrogen) atoms. The summed E-state index contributed by atoms with van der Waals surface area (Å²) in [5.74, 6) is -2.47. The molecule has 0 N–H and O–H groups in total. The maximum absolute atomic E-state index is 13.2. The van der Waals surface area contributed by atoms with Gasteiger partial charge in [0, 0.05) is 0 Å². The molecule has 2 amide bonds. The van der Waals surface area contributed by atoms with Gasteiger partial charge in [0.05, 0.1) is 45.9 Å². The first-order valence-electron chi connectivity index (χ1n) is 8.21. The minimum absolute atomic E-state index is 0.160. The van der Waals surface area contributed by atoms with E-state index >= 15 is 0 Å². The second-order valence-electron chi connectivity index (χ2n) is 7.53. The summed E-state index contributed by atoms with van der Waals surface area (Å²) in [5, 5.41) is 8.90. The number of anilines is 1. The number of rotatable bonds is 1. The maximum Gasteiger partial charge on any atom is 0.417 e. The summed E-state index contributed by atoms with van der Waals surface area (Å²) in [6.45, 7) is 3.55. The Morgan fingerprint density at radius 3 is 2.15 bits per heavy atom. The minimum atomic E-state index is -4.76. The molecule has 3 aliphatic rings. The molecule has 0 spiro atoms. The number of imide groups is 1. The lowest BCUT2D eigenvalue weighted by molar-refractivity contribution is -0.138. The van der Waals surface area contributed by atoms with Gasteiger partial charge in [-0.15, -0.1) is 0 Å². The number of fused-ring (bicyclic) bond motifs is 5. The van der Waals surface area contributed by atoms with E-state index in [9.17, 15) is 22.8 Å². The van der Waals surface area contributed by atoms with Crippen LogP contribution in [0, 0.1) is 23.2 Å². The van der Waals surface area contributed by atoms with E-state index in [1.165, 1.54) is 12.1 Å². The molecule has 0 aliphatic carbocycles. The summed E-state index contributed by atoms with van der Waals surface area (Å²) in [5.41, 5.74) is -3.43. The molecule has 4 rings (SSSR count). The fraction of sp³-hybridized carbons (Fsp3) is 0.500. The fourth-order valence-electron chi connectivity index (χ4n) is 4.73. The number of amides is 2. The van der Waals surface area contributed by atoms with E-state index < -0.39 is 52.2 Å². The summed E-state index contributed by atoms with van der Waals surface area (Å²) in [6, 6.07) is 4.38. The Morgan fingerprint density at radius 2 is 1.69 bits per heavy atom. The zero-order valence-corrected chi connectivity index (χ0v) is 14.1. The monoisotopic (exact) mass is 364 g/mol. The number of carbonyl (C=O) groups excluding carboxylic acids is 2. The van der Waals surface area contributed by atoms with Gasteiger partial charge in [-0.25, -0.2) is 4.90 Å². The molecule has 2 unspecified atom stereocenters. The van der Waals surface area contributed by atoms with E-state index in [1.807, 2.05) is 0 Å². The predicted octanol–water partition coefficient (Wildman–Crippen LogP) is 3.02. The number of hydrogen-bond donors (Lipinski definition) is 0. The van der Waals surface area contributed by atoms with Gasteiger partial charge in [-0.3, -0.25) is 9.59 Å². The molecular weight excluding hydrogens is 349 g/mol. The highest BCUT2D eigenvalue weighted by atomic mass is 19.4. The van der Waals surface area contributed by atoms with Crippen LogP contribution in [0.2, 0.25) is 0 Å². The van der Waals surface area contributed by atoms with Gasteiger partial charge in [0.25, 0.3) is 0 Å². The van der Waals surface area contributed by atoms with E-state index in [-0.39, 0.29) is 5.69 Å². The molecule has 4 atom stereocenters. The summed E-state index contributed by atoms with van der Waals surface area (Å²) >= 11 is 0. The third-order valence-electron chi connectivity index (χ3n) is 5.89. The summed E-state index contributed by atoms with van der Waals surface area (Å²) in [7, 11) is 0. The van der Waals surface area contributed by atoms with Crippen LogP contribution in [0.1, 0.15) is 37.8 Å². The second-order valence-corrected chi connectivity index (χ2v) is 7.53. The Morgan fingerprint density at radius 1 is 1.15 bits per heavy atom. The number of nitrogens with zero attached hydrogens (tertiary/aromatic N) is 2. The summed E-state index contributed by atoms with van der Waals surface area (Å²) < 4.78 is 45.6. The van der Waals surface area contributed by atoms with Crippen LogP contribution in [0.25, 0.3) is 0 Å². The highest BCUT2D eigenvalue weighted by Gasteiger charge is 2.72. The standard InChI is InChI=1S/C18H15F3N2O3/c1-16-5-6-17(2,26-16)13-12(16)14(24)23(15(13)25)10-4-3-9(8-22)11(7-10)18(19,20)21/h3-4,7,12-13H,5-6H2,1-2H3/t12-,13+,16?,17?. The number of nitriles is 1. The lowest BCUT2D eigenvalue weighted by Gasteiger charge is -2.27. The lowest BCUT2D eigenvalue weighted by Crippen LogP contribution is -2.40. The van der Waals surface area contributed by atoms with Crippen molar-refractivity contribution in [2.24, 2.45) is 11.8 Å². The van der Waals surface area contributed by atoms with Crippen molar-refractivity contribution in [1.82, 2.24) is 0 Å². The van der Waals surface area contributed by atoms with E-state index in [2.05, 4.69) is 0 Å². The average molecular weight is 364 g/mol. The lowest BCUT2D eigenvalue weighted by atomic mass is 9.69. The molecule has 3 fully saturated rings. The Bertz CT molecular complexity index is 857. The molecule has 3 aliphatic heterocycles. The van der Waals surface area contributed by atoms with Gasteiger partial charge in [0.15, 0.2) is 0 Å². The Kier molecular flexibility index (Phi) is 3.18. The summed E-state index contributed by atoms with van der Waals surface area (Å²) in [4.78, 5) is 26.7. The normalized spacial score (nSPS) is 35.8. The Hall–Kier alpha value is -2.40. The molecule has 136 valence electrons. The van der Waals surface area contributed by atoms with Crippen LogP contribution in [0.4, 0.5) is 18.9 Å². The molecule has 0 radical (unpaired) electrons. The number of carbonyl (C=O) groups is 2. The van der Waals surface area contributed by atoms with Gasteiger partial charge in [0.1, 0.15) is 0 Å². The van der Waals surface area contributed by atoms with Gasteiger partial charge in [-0.05, 0) is 44.9 Å². The summed E-state index contributed by atoms with van der Waals surface area (Å²) in [6.07, 6.45) is -3.51. The van der Waals surface area contributed by atoms with Crippen LogP contribution in [-0.2, 0) is 20.5 Å². The first kappa shape index (κ1) is 17.0. The molecule has 8 heteroatoms. The van der Waals surface area contributed by atoms with Crippen molar-refractivity contribution in [1.29, 1.82) is 5.26 Å². The topological polar surface area (TPSA) is 70.4 Å². The third kappa shape index (κ3) is 2.01. The van der Waals surface area contributed by atoms with E-state index in [0.29, 0.717) is 18.9 Å². The largest absolute Gasteiger partial charge is 0.417 e. The number of hydrogen-bond acceptors (Lipinski definition) is 4. The number of alkyl halides is 3. The number of benzene rings is 1.